The van der Waals surface area contributed by atoms with Crippen molar-refractivity contribution < 1.29 is 4.79 Å². The zero-order valence-electron chi connectivity index (χ0n) is 10.7. The molecule has 0 heterocycles. The van der Waals surface area contributed by atoms with E-state index in [1.807, 2.05) is 6.92 Å². The fourth-order valence-corrected chi connectivity index (χ4v) is 1.92. The number of rotatable bonds is 4. The van der Waals surface area contributed by atoms with E-state index >= 15 is 0 Å². The molecule has 0 spiro atoms. The van der Waals surface area contributed by atoms with E-state index in [2.05, 4.69) is 46.4 Å². The summed E-state index contributed by atoms with van der Waals surface area (Å²) in [6.07, 6.45) is 0. The van der Waals surface area contributed by atoms with Gasteiger partial charge in [-0.25, -0.2) is 0 Å². The number of benzene rings is 1. The summed E-state index contributed by atoms with van der Waals surface area (Å²) in [4.78, 5) is 13.2. The standard InChI is InChI=1S/C13H19BrN2O/c1-9-5-6-11(7-12(9)14)8-15-10(2)13(17)16(3)4/h5-7,10,15H,8H2,1-4H3. The lowest BCUT2D eigenvalue weighted by molar-refractivity contribution is -0.130. The Bertz CT molecular complexity index is 404. The van der Waals surface area contributed by atoms with Gasteiger partial charge in [-0.05, 0) is 31.0 Å². The fraction of sp³-hybridized carbons (Fsp3) is 0.462. The van der Waals surface area contributed by atoms with Gasteiger partial charge in [-0.1, -0.05) is 28.1 Å². The van der Waals surface area contributed by atoms with Crippen molar-refractivity contribution in [2.75, 3.05) is 14.1 Å². The molecule has 1 aromatic rings. The molecule has 0 saturated heterocycles. The van der Waals surface area contributed by atoms with Gasteiger partial charge in [0, 0.05) is 25.1 Å². The molecule has 1 atom stereocenters. The number of nitrogens with one attached hydrogen (secondary N) is 1. The summed E-state index contributed by atoms with van der Waals surface area (Å²) in [6, 6.07) is 6.05. The van der Waals surface area contributed by atoms with Crippen molar-refractivity contribution in [2.45, 2.75) is 26.4 Å². The molecular formula is C13H19BrN2O. The lowest BCUT2D eigenvalue weighted by atomic mass is 10.1. The number of aryl methyl sites for hydroxylation is 1. The van der Waals surface area contributed by atoms with Gasteiger partial charge >= 0.3 is 0 Å². The molecule has 0 aromatic heterocycles. The minimum absolute atomic E-state index is 0.0937. The molecule has 3 nitrogen and oxygen atoms in total. The maximum atomic E-state index is 11.6. The normalized spacial score (nSPS) is 12.3. The molecular weight excluding hydrogens is 280 g/mol. The molecule has 0 aliphatic rings. The van der Waals surface area contributed by atoms with Gasteiger partial charge in [-0.2, -0.15) is 0 Å². The van der Waals surface area contributed by atoms with Gasteiger partial charge in [0.2, 0.25) is 5.91 Å². The van der Waals surface area contributed by atoms with Crippen LogP contribution >= 0.6 is 15.9 Å². The van der Waals surface area contributed by atoms with Crippen LogP contribution in [0.2, 0.25) is 0 Å². The minimum Gasteiger partial charge on any atom is -0.347 e. The summed E-state index contributed by atoms with van der Waals surface area (Å²) >= 11 is 3.50. The van der Waals surface area contributed by atoms with Crippen LogP contribution in [0, 0.1) is 6.92 Å². The fourth-order valence-electron chi connectivity index (χ4n) is 1.49. The molecule has 0 saturated carbocycles. The molecule has 0 aliphatic carbocycles. The van der Waals surface area contributed by atoms with Crippen LogP contribution in [0.5, 0.6) is 0 Å². The van der Waals surface area contributed by atoms with Crippen molar-refractivity contribution in [1.29, 1.82) is 0 Å². The average Bonchev–Trinajstić information content (AvgIpc) is 2.29. The quantitative estimate of drug-likeness (QED) is 0.925. The highest BCUT2D eigenvalue weighted by Crippen LogP contribution is 2.17. The second-order valence-electron chi connectivity index (χ2n) is 4.42. The van der Waals surface area contributed by atoms with E-state index in [1.54, 1.807) is 19.0 Å². The molecule has 1 N–H and O–H groups in total. The maximum Gasteiger partial charge on any atom is 0.238 e. The third kappa shape index (κ3) is 4.13. The molecule has 1 aromatic carbocycles. The van der Waals surface area contributed by atoms with Gasteiger partial charge in [0.25, 0.3) is 0 Å². The van der Waals surface area contributed by atoms with Crippen molar-refractivity contribution in [3.05, 3.63) is 33.8 Å². The van der Waals surface area contributed by atoms with Crippen LogP contribution < -0.4 is 5.32 Å². The lowest BCUT2D eigenvalue weighted by Crippen LogP contribution is -2.41. The molecule has 0 bridgehead atoms. The van der Waals surface area contributed by atoms with Crippen LogP contribution in [0.3, 0.4) is 0 Å². The van der Waals surface area contributed by atoms with Gasteiger partial charge in [0.05, 0.1) is 6.04 Å². The SMILES string of the molecule is Cc1ccc(CNC(C)C(=O)N(C)C)cc1Br. The van der Waals surface area contributed by atoms with Crippen LogP contribution in [-0.2, 0) is 11.3 Å². The second-order valence-corrected chi connectivity index (χ2v) is 5.27. The van der Waals surface area contributed by atoms with Gasteiger partial charge < -0.3 is 10.2 Å². The second kappa shape index (κ2) is 6.17. The number of amides is 1. The largest absolute Gasteiger partial charge is 0.347 e. The Balaban J connectivity index is 2.56. The van der Waals surface area contributed by atoms with Crippen LogP contribution in [0.25, 0.3) is 0 Å². The Morgan fingerprint density at radius 1 is 1.47 bits per heavy atom. The van der Waals surface area contributed by atoms with Crippen molar-refractivity contribution in [3.8, 4) is 0 Å². The number of hydrogen-bond acceptors (Lipinski definition) is 2. The Hall–Kier alpha value is -0.870. The number of carbonyl (C=O) groups is 1. The Labute approximate surface area is 111 Å². The predicted octanol–water partition coefficient (Wildman–Crippen LogP) is 2.32. The summed E-state index contributed by atoms with van der Waals surface area (Å²) in [5.41, 5.74) is 2.38. The number of nitrogens with zero attached hydrogens (tertiary/aromatic N) is 1. The van der Waals surface area contributed by atoms with Crippen LogP contribution in [0.15, 0.2) is 22.7 Å². The number of likely N-dealkylation sites (N-methyl/N-ethyl adjacent to an activating group) is 1. The highest BCUT2D eigenvalue weighted by Gasteiger charge is 2.13. The van der Waals surface area contributed by atoms with E-state index in [0.717, 1.165) is 4.47 Å². The van der Waals surface area contributed by atoms with Gasteiger partial charge in [0.1, 0.15) is 0 Å². The maximum absolute atomic E-state index is 11.6. The summed E-state index contributed by atoms with van der Waals surface area (Å²) in [5, 5.41) is 3.21. The third-order valence-corrected chi connectivity index (χ3v) is 3.51. The number of halogens is 1. The number of hydrogen-bond donors (Lipinski definition) is 1. The zero-order valence-corrected chi connectivity index (χ0v) is 12.3. The molecule has 1 amide bonds. The van der Waals surface area contributed by atoms with Crippen LogP contribution in [0.4, 0.5) is 0 Å². The first-order chi connectivity index (χ1) is 7.91. The predicted molar refractivity (Wildman–Crippen MR) is 73.9 cm³/mol. The lowest BCUT2D eigenvalue weighted by Gasteiger charge is -2.18. The molecule has 0 aliphatic heterocycles. The first kappa shape index (κ1) is 14.2. The summed E-state index contributed by atoms with van der Waals surface area (Å²) < 4.78 is 1.10. The summed E-state index contributed by atoms with van der Waals surface area (Å²) in [6.45, 7) is 4.63. The Morgan fingerprint density at radius 3 is 2.65 bits per heavy atom. The van der Waals surface area contributed by atoms with Crippen LogP contribution in [-0.4, -0.2) is 30.9 Å². The van der Waals surface area contributed by atoms with Gasteiger partial charge in [-0.3, -0.25) is 4.79 Å². The first-order valence-electron chi connectivity index (χ1n) is 5.61. The Morgan fingerprint density at radius 2 is 2.12 bits per heavy atom. The van der Waals surface area contributed by atoms with Gasteiger partial charge in [-0.15, -0.1) is 0 Å². The highest BCUT2D eigenvalue weighted by atomic mass is 79.9. The molecule has 4 heteroatoms. The van der Waals surface area contributed by atoms with E-state index in [1.165, 1.54) is 11.1 Å². The molecule has 94 valence electrons. The van der Waals surface area contributed by atoms with Crippen molar-refractivity contribution in [3.63, 3.8) is 0 Å². The number of carbonyl (C=O) groups excluding carboxylic acids is 1. The monoisotopic (exact) mass is 298 g/mol. The molecule has 0 radical (unpaired) electrons. The van der Waals surface area contributed by atoms with Crippen molar-refractivity contribution >= 4 is 21.8 Å². The molecule has 1 rings (SSSR count). The zero-order chi connectivity index (χ0) is 13.0. The van der Waals surface area contributed by atoms with E-state index in [-0.39, 0.29) is 11.9 Å². The molecule has 1 unspecified atom stereocenters. The average molecular weight is 299 g/mol. The first-order valence-corrected chi connectivity index (χ1v) is 6.40. The van der Waals surface area contributed by atoms with Crippen LogP contribution in [0.1, 0.15) is 18.1 Å². The van der Waals surface area contributed by atoms with E-state index in [4.69, 9.17) is 0 Å². The van der Waals surface area contributed by atoms with E-state index in [0.29, 0.717) is 6.54 Å². The molecule has 17 heavy (non-hydrogen) atoms. The Kier molecular flexibility index (Phi) is 5.15. The third-order valence-electron chi connectivity index (χ3n) is 2.66. The van der Waals surface area contributed by atoms with Gasteiger partial charge in [0.15, 0.2) is 0 Å². The van der Waals surface area contributed by atoms with E-state index < -0.39 is 0 Å². The summed E-state index contributed by atoms with van der Waals surface area (Å²) in [5.74, 6) is 0.0937. The molecule has 0 fully saturated rings. The minimum atomic E-state index is -0.162. The highest BCUT2D eigenvalue weighted by molar-refractivity contribution is 9.10. The van der Waals surface area contributed by atoms with Crippen molar-refractivity contribution in [2.24, 2.45) is 0 Å². The summed E-state index contributed by atoms with van der Waals surface area (Å²) in [7, 11) is 3.53. The van der Waals surface area contributed by atoms with E-state index in [9.17, 15) is 4.79 Å². The topological polar surface area (TPSA) is 32.3 Å². The van der Waals surface area contributed by atoms with Crippen molar-refractivity contribution in [1.82, 2.24) is 10.2 Å². The smallest absolute Gasteiger partial charge is 0.238 e.